The first kappa shape index (κ1) is 22.9. The van der Waals surface area contributed by atoms with Crippen molar-refractivity contribution in [3.8, 4) is 28.4 Å². The van der Waals surface area contributed by atoms with Gasteiger partial charge in [-0.25, -0.2) is 15.0 Å². The second-order valence-electron chi connectivity index (χ2n) is 7.36. The molecule has 1 aromatic carbocycles. The van der Waals surface area contributed by atoms with Gasteiger partial charge in [0.1, 0.15) is 22.7 Å². The summed E-state index contributed by atoms with van der Waals surface area (Å²) in [5.74, 6) is 0.844. The number of methoxy groups -OCH3 is 1. The number of carbonyl (C=O) groups is 1. The van der Waals surface area contributed by atoms with Gasteiger partial charge in [-0.05, 0) is 26.1 Å². The van der Waals surface area contributed by atoms with Crippen molar-refractivity contribution >= 4 is 17.5 Å². The molecule has 0 aliphatic carbocycles. The van der Waals surface area contributed by atoms with Crippen LogP contribution in [-0.4, -0.2) is 53.3 Å². The molecule has 4 rings (SSSR count). The van der Waals surface area contributed by atoms with Crippen LogP contribution in [0.1, 0.15) is 16.1 Å². The third-order valence-electron chi connectivity index (χ3n) is 5.04. The van der Waals surface area contributed by atoms with E-state index in [1.165, 1.54) is 7.11 Å². The summed E-state index contributed by atoms with van der Waals surface area (Å²) in [4.78, 5) is 26.3. The number of benzene rings is 1. The average molecular weight is 460 g/mol. The Kier molecular flexibility index (Phi) is 7.09. The zero-order valence-corrected chi connectivity index (χ0v) is 19.1. The summed E-state index contributed by atoms with van der Waals surface area (Å²) in [5, 5.41) is 13.1. The van der Waals surface area contributed by atoms with E-state index < -0.39 is 0 Å². The second kappa shape index (κ2) is 10.5. The maximum absolute atomic E-state index is 13.1. The SMILES string of the molecule is CNCCNc1ncc(-c2ccc(NC(=O)c3c(-c4ccccc4)noc3C)c(OC)n2)cn1. The van der Waals surface area contributed by atoms with Gasteiger partial charge in [-0.15, -0.1) is 0 Å². The lowest BCUT2D eigenvalue weighted by Crippen LogP contribution is -2.18. The van der Waals surface area contributed by atoms with Crippen molar-refractivity contribution < 1.29 is 14.1 Å². The average Bonchev–Trinajstić information content (AvgIpc) is 3.27. The Bertz CT molecular complexity index is 1260. The fourth-order valence-electron chi connectivity index (χ4n) is 3.32. The van der Waals surface area contributed by atoms with Crippen LogP contribution in [0.2, 0.25) is 0 Å². The maximum atomic E-state index is 13.1. The van der Waals surface area contributed by atoms with E-state index in [1.807, 2.05) is 37.4 Å². The molecular formula is C24H25N7O3. The highest BCUT2D eigenvalue weighted by atomic mass is 16.5. The fourth-order valence-corrected chi connectivity index (χ4v) is 3.32. The highest BCUT2D eigenvalue weighted by Gasteiger charge is 2.23. The molecule has 0 aliphatic heterocycles. The molecule has 3 N–H and O–H groups in total. The van der Waals surface area contributed by atoms with Crippen LogP contribution in [0.25, 0.3) is 22.5 Å². The molecule has 174 valence electrons. The van der Waals surface area contributed by atoms with Gasteiger partial charge in [-0.1, -0.05) is 35.5 Å². The fraction of sp³-hybridized carbons (Fsp3) is 0.208. The van der Waals surface area contributed by atoms with Crippen molar-refractivity contribution in [1.29, 1.82) is 0 Å². The number of rotatable bonds is 9. The van der Waals surface area contributed by atoms with E-state index in [-0.39, 0.29) is 11.8 Å². The topological polar surface area (TPSA) is 127 Å². The van der Waals surface area contributed by atoms with Gasteiger partial charge >= 0.3 is 0 Å². The Morgan fingerprint density at radius 1 is 1.03 bits per heavy atom. The summed E-state index contributed by atoms with van der Waals surface area (Å²) in [7, 11) is 3.37. The lowest BCUT2D eigenvalue weighted by atomic mass is 10.1. The number of nitrogens with one attached hydrogen (secondary N) is 3. The Labute approximate surface area is 196 Å². The summed E-state index contributed by atoms with van der Waals surface area (Å²) >= 11 is 0. The van der Waals surface area contributed by atoms with Crippen molar-refractivity contribution in [2.24, 2.45) is 0 Å². The molecule has 1 amide bonds. The van der Waals surface area contributed by atoms with Crippen molar-refractivity contribution in [2.45, 2.75) is 6.92 Å². The van der Waals surface area contributed by atoms with E-state index in [2.05, 4.69) is 36.1 Å². The molecule has 0 unspecified atom stereocenters. The molecule has 34 heavy (non-hydrogen) atoms. The Morgan fingerprint density at radius 3 is 2.50 bits per heavy atom. The van der Waals surface area contributed by atoms with Crippen LogP contribution in [0.3, 0.4) is 0 Å². The Hall–Kier alpha value is -4.31. The number of ether oxygens (including phenoxy) is 1. The summed E-state index contributed by atoms with van der Waals surface area (Å²) in [6.07, 6.45) is 3.36. The summed E-state index contributed by atoms with van der Waals surface area (Å²) in [5.41, 5.74) is 3.36. The van der Waals surface area contributed by atoms with Crippen molar-refractivity contribution in [3.05, 3.63) is 66.2 Å². The predicted molar refractivity (Wildman–Crippen MR) is 129 cm³/mol. The van der Waals surface area contributed by atoms with E-state index in [0.29, 0.717) is 40.9 Å². The zero-order valence-electron chi connectivity index (χ0n) is 19.1. The van der Waals surface area contributed by atoms with Gasteiger partial charge in [-0.3, -0.25) is 4.79 Å². The molecule has 0 spiro atoms. The molecule has 0 saturated carbocycles. The van der Waals surface area contributed by atoms with Crippen LogP contribution >= 0.6 is 0 Å². The molecule has 0 radical (unpaired) electrons. The number of pyridine rings is 1. The largest absolute Gasteiger partial charge is 0.479 e. The Balaban J connectivity index is 1.54. The number of anilines is 2. The van der Waals surface area contributed by atoms with Crippen molar-refractivity contribution in [1.82, 2.24) is 25.4 Å². The number of likely N-dealkylation sites (N-methyl/N-ethyl adjacent to an activating group) is 1. The molecule has 0 atom stereocenters. The highest BCUT2D eigenvalue weighted by Crippen LogP contribution is 2.30. The summed E-state index contributed by atoms with van der Waals surface area (Å²) in [6.45, 7) is 3.22. The second-order valence-corrected chi connectivity index (χ2v) is 7.36. The van der Waals surface area contributed by atoms with Gasteiger partial charge in [0.05, 0.1) is 12.8 Å². The van der Waals surface area contributed by atoms with E-state index in [0.717, 1.165) is 17.7 Å². The van der Waals surface area contributed by atoms with Crippen LogP contribution in [0.4, 0.5) is 11.6 Å². The molecule has 0 fully saturated rings. The minimum atomic E-state index is -0.370. The van der Waals surface area contributed by atoms with Crippen LogP contribution < -0.4 is 20.7 Å². The van der Waals surface area contributed by atoms with Crippen LogP contribution in [0, 0.1) is 6.92 Å². The Morgan fingerprint density at radius 2 is 1.79 bits per heavy atom. The predicted octanol–water partition coefficient (Wildman–Crippen LogP) is 3.39. The number of hydrogen-bond acceptors (Lipinski definition) is 9. The third kappa shape index (κ3) is 5.02. The number of aromatic nitrogens is 4. The summed E-state index contributed by atoms with van der Waals surface area (Å²) < 4.78 is 10.7. The van der Waals surface area contributed by atoms with Gasteiger partial charge in [0.25, 0.3) is 5.91 Å². The molecule has 3 heterocycles. The van der Waals surface area contributed by atoms with Crippen LogP contribution in [0.5, 0.6) is 5.88 Å². The van der Waals surface area contributed by atoms with Gasteiger partial charge in [0.15, 0.2) is 0 Å². The van der Waals surface area contributed by atoms with Gasteiger partial charge in [0.2, 0.25) is 11.8 Å². The summed E-state index contributed by atoms with van der Waals surface area (Å²) in [6, 6.07) is 12.9. The van der Waals surface area contributed by atoms with Crippen LogP contribution in [-0.2, 0) is 0 Å². The van der Waals surface area contributed by atoms with Gasteiger partial charge < -0.3 is 25.2 Å². The lowest BCUT2D eigenvalue weighted by molar-refractivity contribution is 0.102. The number of amides is 1. The number of aryl methyl sites for hydroxylation is 1. The maximum Gasteiger partial charge on any atom is 0.261 e. The molecule has 4 aromatic rings. The first-order valence-corrected chi connectivity index (χ1v) is 10.7. The normalized spacial score (nSPS) is 10.7. The first-order valence-electron chi connectivity index (χ1n) is 10.7. The molecule has 10 nitrogen and oxygen atoms in total. The highest BCUT2D eigenvalue weighted by molar-refractivity contribution is 6.09. The first-order chi connectivity index (χ1) is 16.6. The third-order valence-corrected chi connectivity index (χ3v) is 5.04. The smallest absolute Gasteiger partial charge is 0.261 e. The quantitative estimate of drug-likeness (QED) is 0.323. The molecule has 0 bridgehead atoms. The van der Waals surface area contributed by atoms with Crippen molar-refractivity contribution in [3.63, 3.8) is 0 Å². The minimum Gasteiger partial charge on any atom is -0.479 e. The van der Waals surface area contributed by atoms with E-state index in [9.17, 15) is 4.79 Å². The van der Waals surface area contributed by atoms with Crippen molar-refractivity contribution in [2.75, 3.05) is 37.9 Å². The van der Waals surface area contributed by atoms with Gasteiger partial charge in [0, 0.05) is 36.6 Å². The molecule has 3 aromatic heterocycles. The number of hydrogen-bond donors (Lipinski definition) is 3. The van der Waals surface area contributed by atoms with E-state index in [4.69, 9.17) is 9.26 Å². The van der Waals surface area contributed by atoms with E-state index in [1.54, 1.807) is 31.5 Å². The molecular weight excluding hydrogens is 434 g/mol. The lowest BCUT2D eigenvalue weighted by Gasteiger charge is -2.11. The van der Waals surface area contributed by atoms with Gasteiger partial charge in [-0.2, -0.15) is 0 Å². The monoisotopic (exact) mass is 459 g/mol. The zero-order chi connectivity index (χ0) is 23.9. The van der Waals surface area contributed by atoms with E-state index >= 15 is 0 Å². The molecule has 0 saturated heterocycles. The van der Waals surface area contributed by atoms with Crippen LogP contribution in [0.15, 0.2) is 59.4 Å². The number of nitrogens with zero attached hydrogens (tertiary/aromatic N) is 4. The standard InChI is InChI=1S/C24H25N7O3/c1-15-20(21(31-34-15)16-7-5-4-6-8-16)22(32)29-19-10-9-18(30-23(19)33-3)17-13-27-24(28-14-17)26-12-11-25-2/h4-10,13-14,25H,11-12H2,1-3H3,(H,29,32)(H,26,27,28). The molecule has 0 aliphatic rings. The number of carbonyl (C=O) groups excluding carboxylic acids is 1. The minimum absolute atomic E-state index is 0.262. The molecule has 10 heteroatoms.